The molecule has 0 aliphatic heterocycles. The summed E-state index contributed by atoms with van der Waals surface area (Å²) in [6.07, 6.45) is 2.66. The van der Waals surface area contributed by atoms with E-state index in [1.54, 1.807) is 12.1 Å². The average Bonchev–Trinajstić information content (AvgIpc) is 2.44. The number of hydrogen-bond donors (Lipinski definition) is 1. The first kappa shape index (κ1) is 14.8. The van der Waals surface area contributed by atoms with Crippen molar-refractivity contribution in [2.75, 3.05) is 5.32 Å². The van der Waals surface area contributed by atoms with Crippen molar-refractivity contribution in [1.29, 1.82) is 0 Å². The molecule has 2 aromatic rings. The summed E-state index contributed by atoms with van der Waals surface area (Å²) >= 11 is 0. The Kier molecular flexibility index (Phi) is 3.73. The lowest BCUT2D eigenvalue weighted by atomic mass is 9.64. The van der Waals surface area contributed by atoms with Gasteiger partial charge < -0.3 is 5.32 Å². The summed E-state index contributed by atoms with van der Waals surface area (Å²) in [4.78, 5) is 12.8. The molecule has 1 saturated carbocycles. The Balaban J connectivity index is 1.85. The zero-order valence-electron chi connectivity index (χ0n) is 12.9. The third kappa shape index (κ3) is 2.52. The first-order chi connectivity index (χ1) is 10.5. The normalized spacial score (nSPS) is 16.0. The fraction of sp³-hybridized carbons (Fsp3) is 0.316. The minimum Gasteiger partial charge on any atom is -0.325 e. The van der Waals surface area contributed by atoms with E-state index in [9.17, 15) is 9.18 Å². The van der Waals surface area contributed by atoms with Gasteiger partial charge in [-0.3, -0.25) is 4.79 Å². The van der Waals surface area contributed by atoms with Crippen molar-refractivity contribution >= 4 is 11.6 Å². The number of aryl methyl sites for hydroxylation is 2. The predicted octanol–water partition coefficient (Wildman–Crippen LogP) is 4.50. The molecule has 2 aromatic carbocycles. The zero-order chi connectivity index (χ0) is 15.7. The van der Waals surface area contributed by atoms with Crippen molar-refractivity contribution in [3.8, 4) is 0 Å². The number of anilines is 1. The molecule has 0 bridgehead atoms. The molecule has 1 N–H and O–H groups in total. The average molecular weight is 297 g/mol. The molecule has 2 nitrogen and oxygen atoms in total. The van der Waals surface area contributed by atoms with Crippen LogP contribution in [-0.2, 0) is 10.2 Å². The van der Waals surface area contributed by atoms with Gasteiger partial charge in [0.2, 0.25) is 5.91 Å². The van der Waals surface area contributed by atoms with Crippen molar-refractivity contribution in [2.45, 2.75) is 38.5 Å². The molecule has 0 spiro atoms. The molecule has 22 heavy (non-hydrogen) atoms. The number of hydrogen-bond acceptors (Lipinski definition) is 1. The van der Waals surface area contributed by atoms with Gasteiger partial charge in [0.1, 0.15) is 5.82 Å². The standard InChI is InChI=1S/C19H20FNO/c1-13-4-9-17(12-14(13)2)21-18(22)19(10-3-11-19)15-5-7-16(20)8-6-15/h4-9,12H,3,10-11H2,1-2H3,(H,21,22). The highest BCUT2D eigenvalue weighted by atomic mass is 19.1. The third-order valence-electron chi connectivity index (χ3n) is 4.80. The van der Waals surface area contributed by atoms with Crippen molar-refractivity contribution in [3.63, 3.8) is 0 Å². The molecule has 3 heteroatoms. The Bertz CT molecular complexity index is 702. The smallest absolute Gasteiger partial charge is 0.235 e. The van der Waals surface area contributed by atoms with E-state index in [0.29, 0.717) is 0 Å². The van der Waals surface area contributed by atoms with Crippen LogP contribution >= 0.6 is 0 Å². The summed E-state index contributed by atoms with van der Waals surface area (Å²) < 4.78 is 13.1. The first-order valence-electron chi connectivity index (χ1n) is 7.66. The Morgan fingerprint density at radius 1 is 1.05 bits per heavy atom. The van der Waals surface area contributed by atoms with Gasteiger partial charge in [-0.25, -0.2) is 4.39 Å². The maximum absolute atomic E-state index is 13.1. The number of rotatable bonds is 3. The van der Waals surface area contributed by atoms with Gasteiger partial charge >= 0.3 is 0 Å². The summed E-state index contributed by atoms with van der Waals surface area (Å²) in [5.74, 6) is -0.263. The van der Waals surface area contributed by atoms with Gasteiger partial charge in [0.05, 0.1) is 5.41 Å². The maximum atomic E-state index is 13.1. The second kappa shape index (κ2) is 5.56. The molecule has 1 aliphatic rings. The van der Waals surface area contributed by atoms with E-state index in [2.05, 4.69) is 5.32 Å². The lowest BCUT2D eigenvalue weighted by Gasteiger charge is -2.40. The van der Waals surface area contributed by atoms with Crippen LogP contribution in [0.15, 0.2) is 42.5 Å². The maximum Gasteiger partial charge on any atom is 0.235 e. The van der Waals surface area contributed by atoms with E-state index >= 15 is 0 Å². The van der Waals surface area contributed by atoms with Crippen LogP contribution in [0.5, 0.6) is 0 Å². The van der Waals surface area contributed by atoms with E-state index in [1.165, 1.54) is 17.7 Å². The SMILES string of the molecule is Cc1ccc(NC(=O)C2(c3ccc(F)cc3)CCC2)cc1C. The van der Waals surface area contributed by atoms with E-state index in [-0.39, 0.29) is 11.7 Å². The fourth-order valence-electron chi connectivity index (χ4n) is 3.02. The van der Waals surface area contributed by atoms with Gasteiger partial charge in [-0.2, -0.15) is 0 Å². The molecule has 0 atom stereocenters. The molecule has 0 heterocycles. The highest BCUT2D eigenvalue weighted by molar-refractivity contribution is 6.00. The Morgan fingerprint density at radius 2 is 1.73 bits per heavy atom. The molecule has 0 aromatic heterocycles. The second-order valence-electron chi connectivity index (χ2n) is 6.20. The minimum atomic E-state index is -0.507. The van der Waals surface area contributed by atoms with Gasteiger partial charge in [-0.15, -0.1) is 0 Å². The van der Waals surface area contributed by atoms with Crippen molar-refractivity contribution in [2.24, 2.45) is 0 Å². The Labute approximate surface area is 130 Å². The number of carbonyl (C=O) groups excluding carboxylic acids is 1. The Hall–Kier alpha value is -2.16. The summed E-state index contributed by atoms with van der Waals surface area (Å²) in [7, 11) is 0. The van der Waals surface area contributed by atoms with Crippen LogP contribution in [-0.4, -0.2) is 5.91 Å². The number of amides is 1. The highest BCUT2D eigenvalue weighted by Gasteiger charge is 2.45. The van der Waals surface area contributed by atoms with Gasteiger partial charge in [0.15, 0.2) is 0 Å². The van der Waals surface area contributed by atoms with Crippen LogP contribution in [0.1, 0.15) is 36.0 Å². The Morgan fingerprint density at radius 3 is 2.27 bits per heavy atom. The van der Waals surface area contributed by atoms with Crippen LogP contribution in [0.25, 0.3) is 0 Å². The largest absolute Gasteiger partial charge is 0.325 e. The molecule has 1 aliphatic carbocycles. The summed E-state index contributed by atoms with van der Waals surface area (Å²) in [6.45, 7) is 4.08. The van der Waals surface area contributed by atoms with Gasteiger partial charge in [-0.1, -0.05) is 24.6 Å². The van der Waals surface area contributed by atoms with Crippen molar-refractivity contribution in [3.05, 3.63) is 65.0 Å². The quantitative estimate of drug-likeness (QED) is 0.887. The lowest BCUT2D eigenvalue weighted by Crippen LogP contribution is -2.46. The monoisotopic (exact) mass is 297 g/mol. The molecule has 1 amide bonds. The molecular weight excluding hydrogens is 277 g/mol. The van der Waals surface area contributed by atoms with Gasteiger partial charge in [0, 0.05) is 5.69 Å². The molecule has 1 fully saturated rings. The fourth-order valence-corrected chi connectivity index (χ4v) is 3.02. The third-order valence-corrected chi connectivity index (χ3v) is 4.80. The molecule has 0 radical (unpaired) electrons. The molecule has 0 saturated heterocycles. The number of benzene rings is 2. The minimum absolute atomic E-state index is 0.00797. The van der Waals surface area contributed by atoms with Crippen LogP contribution in [0.2, 0.25) is 0 Å². The highest BCUT2D eigenvalue weighted by Crippen LogP contribution is 2.44. The molecule has 0 unspecified atom stereocenters. The van der Waals surface area contributed by atoms with Crippen LogP contribution in [0, 0.1) is 19.7 Å². The van der Waals surface area contributed by atoms with E-state index in [1.807, 2.05) is 32.0 Å². The van der Waals surface area contributed by atoms with E-state index < -0.39 is 5.41 Å². The number of halogens is 1. The lowest BCUT2D eigenvalue weighted by molar-refractivity contribution is -0.124. The predicted molar refractivity (Wildman–Crippen MR) is 86.5 cm³/mol. The molecular formula is C19H20FNO. The van der Waals surface area contributed by atoms with Crippen LogP contribution in [0.3, 0.4) is 0 Å². The summed E-state index contributed by atoms with van der Waals surface area (Å²) in [5.41, 5.74) is 3.58. The van der Waals surface area contributed by atoms with Crippen molar-refractivity contribution < 1.29 is 9.18 Å². The van der Waals surface area contributed by atoms with Gasteiger partial charge in [0.25, 0.3) is 0 Å². The van der Waals surface area contributed by atoms with Crippen LogP contribution < -0.4 is 5.32 Å². The van der Waals surface area contributed by atoms with Gasteiger partial charge in [-0.05, 0) is 67.6 Å². The molecule has 114 valence electrons. The summed E-state index contributed by atoms with van der Waals surface area (Å²) in [5, 5.41) is 3.03. The first-order valence-corrected chi connectivity index (χ1v) is 7.66. The topological polar surface area (TPSA) is 29.1 Å². The zero-order valence-corrected chi connectivity index (χ0v) is 12.9. The van der Waals surface area contributed by atoms with Crippen LogP contribution in [0.4, 0.5) is 10.1 Å². The van der Waals surface area contributed by atoms with Crippen molar-refractivity contribution in [1.82, 2.24) is 0 Å². The number of carbonyl (C=O) groups is 1. The number of nitrogens with one attached hydrogen (secondary N) is 1. The second-order valence-corrected chi connectivity index (χ2v) is 6.20. The van der Waals surface area contributed by atoms with E-state index in [4.69, 9.17) is 0 Å². The molecule has 3 rings (SSSR count). The van der Waals surface area contributed by atoms with E-state index in [0.717, 1.165) is 36.1 Å². The summed E-state index contributed by atoms with van der Waals surface area (Å²) in [6, 6.07) is 12.2.